The maximum absolute atomic E-state index is 12.5. The first-order chi connectivity index (χ1) is 12.6. The van der Waals surface area contributed by atoms with Crippen LogP contribution in [-0.2, 0) is 6.42 Å². The number of benzene rings is 1. The molecular weight excluding hydrogens is 332 g/mol. The van der Waals surface area contributed by atoms with E-state index >= 15 is 0 Å². The second kappa shape index (κ2) is 6.33. The zero-order valence-electron chi connectivity index (χ0n) is 14.9. The van der Waals surface area contributed by atoms with Crippen molar-refractivity contribution >= 4 is 5.91 Å². The number of hydrogen-bond donors (Lipinski definition) is 2. The molecule has 2 N–H and O–H groups in total. The number of methoxy groups -OCH3 is 1. The number of rotatable bonds is 3. The monoisotopic (exact) mass is 352 g/mol. The number of aromatic amines is 1. The van der Waals surface area contributed by atoms with Crippen molar-refractivity contribution in [2.75, 3.05) is 13.7 Å². The van der Waals surface area contributed by atoms with Gasteiger partial charge in [0.2, 0.25) is 0 Å². The molecule has 1 aliphatic heterocycles. The molecule has 0 bridgehead atoms. The molecule has 7 nitrogen and oxygen atoms in total. The summed E-state index contributed by atoms with van der Waals surface area (Å²) in [7, 11) is 1.65. The van der Waals surface area contributed by atoms with Gasteiger partial charge in [0.15, 0.2) is 0 Å². The van der Waals surface area contributed by atoms with Gasteiger partial charge in [-0.2, -0.15) is 0 Å². The molecule has 1 amide bonds. The molecule has 26 heavy (non-hydrogen) atoms. The average Bonchev–Trinajstić information content (AvgIpc) is 3.16. The van der Waals surface area contributed by atoms with Gasteiger partial charge in [-0.3, -0.25) is 4.79 Å². The van der Waals surface area contributed by atoms with Gasteiger partial charge >= 0.3 is 0 Å². The minimum Gasteiger partial charge on any atom is -0.497 e. The fourth-order valence-corrected chi connectivity index (χ4v) is 3.43. The number of amides is 1. The van der Waals surface area contributed by atoms with Crippen molar-refractivity contribution in [1.82, 2.24) is 20.4 Å². The molecule has 1 aromatic carbocycles. The summed E-state index contributed by atoms with van der Waals surface area (Å²) < 4.78 is 10.5. The Morgan fingerprint density at radius 3 is 2.88 bits per heavy atom. The number of imidazole rings is 1. The van der Waals surface area contributed by atoms with E-state index in [9.17, 15) is 4.79 Å². The fourth-order valence-electron chi connectivity index (χ4n) is 3.43. The van der Waals surface area contributed by atoms with E-state index in [4.69, 9.17) is 9.26 Å². The highest BCUT2D eigenvalue weighted by atomic mass is 16.5. The second-order valence-electron chi connectivity index (χ2n) is 6.50. The molecule has 0 radical (unpaired) electrons. The van der Waals surface area contributed by atoms with Crippen molar-refractivity contribution in [2.24, 2.45) is 0 Å². The van der Waals surface area contributed by atoms with Crippen LogP contribution in [0.25, 0.3) is 11.4 Å². The third kappa shape index (κ3) is 2.75. The zero-order valence-corrected chi connectivity index (χ0v) is 14.9. The Morgan fingerprint density at radius 1 is 1.31 bits per heavy atom. The van der Waals surface area contributed by atoms with Crippen LogP contribution in [0, 0.1) is 13.8 Å². The molecule has 0 saturated carbocycles. The summed E-state index contributed by atoms with van der Waals surface area (Å²) in [5.41, 5.74) is 3.93. The predicted molar refractivity (Wildman–Crippen MR) is 95.3 cm³/mol. The van der Waals surface area contributed by atoms with E-state index in [2.05, 4.69) is 26.5 Å². The number of H-pyrrole nitrogens is 1. The quantitative estimate of drug-likeness (QED) is 0.756. The molecule has 0 fully saturated rings. The average molecular weight is 352 g/mol. The van der Waals surface area contributed by atoms with Gasteiger partial charge in [-0.05, 0) is 38.0 Å². The highest BCUT2D eigenvalue weighted by Crippen LogP contribution is 2.30. The maximum Gasteiger partial charge on any atom is 0.271 e. The smallest absolute Gasteiger partial charge is 0.271 e. The first-order valence-electron chi connectivity index (χ1n) is 8.51. The number of hydrogen-bond acceptors (Lipinski definition) is 5. The molecule has 1 atom stereocenters. The number of nitrogens with one attached hydrogen (secondary N) is 2. The number of carbonyl (C=O) groups excluding carboxylic acids is 1. The van der Waals surface area contributed by atoms with E-state index in [1.54, 1.807) is 7.11 Å². The molecule has 134 valence electrons. The van der Waals surface area contributed by atoms with Crippen molar-refractivity contribution in [3.8, 4) is 17.1 Å². The Balaban J connectivity index is 1.72. The van der Waals surface area contributed by atoms with E-state index in [1.807, 2.05) is 32.0 Å². The summed E-state index contributed by atoms with van der Waals surface area (Å²) in [5.74, 6) is 2.07. The SMILES string of the molecule is COc1cccc([C@@H]2CNC(=O)c3nc(-c4c(C)noc4C)[nH]c3C2)c1. The van der Waals surface area contributed by atoms with E-state index in [-0.39, 0.29) is 11.8 Å². The molecule has 0 saturated heterocycles. The van der Waals surface area contributed by atoms with Crippen molar-refractivity contribution < 1.29 is 14.1 Å². The highest BCUT2D eigenvalue weighted by molar-refractivity contribution is 5.94. The van der Waals surface area contributed by atoms with E-state index in [0.717, 1.165) is 28.3 Å². The lowest BCUT2D eigenvalue weighted by Crippen LogP contribution is -2.26. The van der Waals surface area contributed by atoms with Gasteiger partial charge in [-0.1, -0.05) is 17.3 Å². The largest absolute Gasteiger partial charge is 0.497 e. The maximum atomic E-state index is 12.5. The Morgan fingerprint density at radius 2 is 2.15 bits per heavy atom. The summed E-state index contributed by atoms with van der Waals surface area (Å²) in [5, 5.41) is 6.94. The molecule has 4 rings (SSSR count). The predicted octanol–water partition coefficient (Wildman–Crippen LogP) is 2.76. The van der Waals surface area contributed by atoms with Crippen LogP contribution in [0.15, 0.2) is 28.8 Å². The Bertz CT molecular complexity index is 954. The fraction of sp³-hybridized carbons (Fsp3) is 0.316. The van der Waals surface area contributed by atoms with Gasteiger partial charge in [0.25, 0.3) is 5.91 Å². The van der Waals surface area contributed by atoms with Gasteiger partial charge in [0.1, 0.15) is 23.0 Å². The first kappa shape index (κ1) is 16.4. The van der Waals surface area contributed by atoms with Crippen LogP contribution in [0.4, 0.5) is 0 Å². The summed E-state index contributed by atoms with van der Waals surface area (Å²) >= 11 is 0. The van der Waals surface area contributed by atoms with Crippen molar-refractivity contribution in [3.63, 3.8) is 0 Å². The summed E-state index contributed by atoms with van der Waals surface area (Å²) in [4.78, 5) is 20.3. The second-order valence-corrected chi connectivity index (χ2v) is 6.50. The molecule has 0 aliphatic carbocycles. The normalized spacial score (nSPS) is 16.7. The molecule has 0 unspecified atom stereocenters. The summed E-state index contributed by atoms with van der Waals surface area (Å²) in [6.07, 6.45) is 0.678. The number of carbonyl (C=O) groups is 1. The van der Waals surface area contributed by atoms with Crippen LogP contribution in [0.2, 0.25) is 0 Å². The lowest BCUT2D eigenvalue weighted by Gasteiger charge is -2.15. The van der Waals surface area contributed by atoms with Crippen LogP contribution in [0.5, 0.6) is 5.75 Å². The molecule has 1 aliphatic rings. The first-order valence-corrected chi connectivity index (χ1v) is 8.51. The van der Waals surface area contributed by atoms with E-state index in [1.165, 1.54) is 0 Å². The third-order valence-corrected chi connectivity index (χ3v) is 4.79. The van der Waals surface area contributed by atoms with Crippen LogP contribution in [-0.4, -0.2) is 34.7 Å². The van der Waals surface area contributed by atoms with Gasteiger partial charge in [0, 0.05) is 18.2 Å². The topological polar surface area (TPSA) is 93.0 Å². The lowest BCUT2D eigenvalue weighted by atomic mass is 9.94. The third-order valence-electron chi connectivity index (χ3n) is 4.79. The van der Waals surface area contributed by atoms with Crippen LogP contribution < -0.4 is 10.1 Å². The van der Waals surface area contributed by atoms with Crippen LogP contribution >= 0.6 is 0 Å². The van der Waals surface area contributed by atoms with Crippen LogP contribution in [0.3, 0.4) is 0 Å². The number of nitrogens with zero attached hydrogens (tertiary/aromatic N) is 2. The molecule has 7 heteroatoms. The minimum absolute atomic E-state index is 0.133. The van der Waals surface area contributed by atoms with E-state index < -0.39 is 0 Å². The summed E-state index contributed by atoms with van der Waals surface area (Å²) in [6, 6.07) is 7.93. The number of aryl methyl sites for hydroxylation is 2. The highest BCUT2D eigenvalue weighted by Gasteiger charge is 2.28. The van der Waals surface area contributed by atoms with Crippen LogP contribution in [0.1, 0.15) is 39.1 Å². The Hall–Kier alpha value is -3.09. The molecule has 3 aromatic rings. The van der Waals surface area contributed by atoms with Gasteiger partial charge in [-0.15, -0.1) is 0 Å². The van der Waals surface area contributed by atoms with Gasteiger partial charge in [-0.25, -0.2) is 4.98 Å². The number of aromatic nitrogens is 3. The van der Waals surface area contributed by atoms with Gasteiger partial charge in [0.05, 0.1) is 18.4 Å². The Kier molecular flexibility index (Phi) is 3.99. The summed E-state index contributed by atoms with van der Waals surface area (Å²) in [6.45, 7) is 4.25. The van der Waals surface area contributed by atoms with Gasteiger partial charge < -0.3 is 19.6 Å². The number of ether oxygens (including phenoxy) is 1. The standard InChI is InChI=1S/C19H20N4O3/c1-10-16(11(2)26-23-10)18-21-15-8-13(9-20-19(24)17(15)22-18)12-5-4-6-14(7-12)25-3/h4-7,13H,8-9H2,1-3H3,(H,20,24)(H,21,22)/t13-/m0/s1. The van der Waals surface area contributed by atoms with E-state index in [0.29, 0.717) is 30.2 Å². The molecule has 2 aromatic heterocycles. The number of fused-ring (bicyclic) bond motifs is 1. The minimum atomic E-state index is -0.167. The zero-order chi connectivity index (χ0) is 18.3. The molecule has 3 heterocycles. The molecule has 0 spiro atoms. The lowest BCUT2D eigenvalue weighted by molar-refractivity contribution is 0.0950. The van der Waals surface area contributed by atoms with Crippen molar-refractivity contribution in [2.45, 2.75) is 26.2 Å². The van der Waals surface area contributed by atoms with Crippen molar-refractivity contribution in [3.05, 3.63) is 52.7 Å². The Labute approximate surface area is 150 Å². The van der Waals surface area contributed by atoms with Crippen molar-refractivity contribution in [1.29, 1.82) is 0 Å². The molecular formula is C19H20N4O3.